The predicted octanol–water partition coefficient (Wildman–Crippen LogP) is 3.79. The van der Waals surface area contributed by atoms with Crippen molar-refractivity contribution in [2.45, 2.75) is 53.5 Å². The summed E-state index contributed by atoms with van der Waals surface area (Å²) in [5.74, 6) is 0.785. The van der Waals surface area contributed by atoms with Crippen molar-refractivity contribution in [1.82, 2.24) is 19.7 Å². The number of nitrogens with zero attached hydrogens (tertiary/aromatic N) is 4. The lowest BCUT2D eigenvalue weighted by Gasteiger charge is -2.36. The average Bonchev–Trinajstić information content (AvgIpc) is 3.10. The minimum atomic E-state index is -0.298. The number of aryl methyl sites for hydroxylation is 1. The van der Waals surface area contributed by atoms with E-state index >= 15 is 0 Å². The lowest BCUT2D eigenvalue weighted by Crippen LogP contribution is -2.45. The van der Waals surface area contributed by atoms with Crippen molar-refractivity contribution in [2.24, 2.45) is 11.3 Å². The normalized spacial score (nSPS) is 18.2. The van der Waals surface area contributed by atoms with Gasteiger partial charge in [0.15, 0.2) is 0 Å². The molecule has 0 N–H and O–H groups in total. The highest BCUT2D eigenvalue weighted by atomic mass is 16.2. The van der Waals surface area contributed by atoms with Gasteiger partial charge < -0.3 is 4.90 Å². The number of carbonyl (C=O) groups is 1. The van der Waals surface area contributed by atoms with Crippen LogP contribution in [0.1, 0.15) is 46.1 Å². The molecule has 0 aromatic carbocycles. The summed E-state index contributed by atoms with van der Waals surface area (Å²) >= 11 is 0. The summed E-state index contributed by atoms with van der Waals surface area (Å²) in [6.45, 7) is 10.7. The van der Waals surface area contributed by atoms with Crippen molar-refractivity contribution in [1.29, 1.82) is 0 Å². The molecule has 3 rings (SSSR count). The first kappa shape index (κ1) is 18.6. The van der Waals surface area contributed by atoms with Gasteiger partial charge in [-0.25, -0.2) is 0 Å². The first-order valence-corrected chi connectivity index (χ1v) is 9.65. The van der Waals surface area contributed by atoms with Gasteiger partial charge in [0.25, 0.3) is 0 Å². The van der Waals surface area contributed by atoms with E-state index < -0.39 is 0 Å². The van der Waals surface area contributed by atoms with Gasteiger partial charge >= 0.3 is 0 Å². The second-order valence-corrected chi connectivity index (χ2v) is 8.30. The topological polar surface area (TPSA) is 51.0 Å². The molecule has 0 aliphatic carbocycles. The van der Waals surface area contributed by atoms with Gasteiger partial charge in [0.2, 0.25) is 5.91 Å². The number of rotatable bonds is 4. The Kier molecular flexibility index (Phi) is 5.44. The van der Waals surface area contributed by atoms with E-state index in [0.29, 0.717) is 5.92 Å². The molecule has 1 atom stereocenters. The Morgan fingerprint density at radius 3 is 2.73 bits per heavy atom. The number of hydrogen-bond acceptors (Lipinski definition) is 3. The Morgan fingerprint density at radius 2 is 2.08 bits per heavy atom. The van der Waals surface area contributed by atoms with Crippen LogP contribution in [0.15, 0.2) is 30.6 Å². The van der Waals surface area contributed by atoms with E-state index in [1.807, 2.05) is 43.9 Å². The highest BCUT2D eigenvalue weighted by Crippen LogP contribution is 2.26. The molecule has 0 bridgehead atoms. The number of carbonyl (C=O) groups excluding carboxylic acids is 1. The summed E-state index contributed by atoms with van der Waals surface area (Å²) in [7, 11) is 0. The van der Waals surface area contributed by atoms with Crippen LogP contribution in [-0.2, 0) is 17.8 Å². The van der Waals surface area contributed by atoms with Crippen molar-refractivity contribution in [2.75, 3.05) is 13.1 Å². The largest absolute Gasteiger partial charge is 0.342 e. The Labute approximate surface area is 156 Å². The summed E-state index contributed by atoms with van der Waals surface area (Å²) in [4.78, 5) is 19.3. The fraction of sp³-hybridized carbons (Fsp3) is 0.571. The second kappa shape index (κ2) is 7.60. The smallest absolute Gasteiger partial charge is 0.227 e. The molecule has 2 aromatic rings. The zero-order valence-electron chi connectivity index (χ0n) is 16.4. The quantitative estimate of drug-likeness (QED) is 0.839. The van der Waals surface area contributed by atoms with Crippen molar-refractivity contribution in [3.63, 3.8) is 0 Å². The van der Waals surface area contributed by atoms with Gasteiger partial charge in [0.05, 0.1) is 11.4 Å². The zero-order chi connectivity index (χ0) is 18.7. The first-order valence-electron chi connectivity index (χ1n) is 9.65. The summed E-state index contributed by atoms with van der Waals surface area (Å²) in [5, 5.41) is 4.31. The molecule has 5 heteroatoms. The molecule has 1 unspecified atom stereocenters. The molecular weight excluding hydrogens is 324 g/mol. The summed E-state index contributed by atoms with van der Waals surface area (Å²) in [5.41, 5.74) is 2.96. The molecule has 1 saturated heterocycles. The first-order chi connectivity index (χ1) is 12.4. The number of hydrogen-bond donors (Lipinski definition) is 0. The number of amides is 1. The molecule has 0 saturated carbocycles. The lowest BCUT2D eigenvalue weighted by molar-refractivity contribution is -0.141. The third-order valence-electron chi connectivity index (χ3n) is 5.08. The van der Waals surface area contributed by atoms with Gasteiger partial charge in [-0.1, -0.05) is 26.8 Å². The Morgan fingerprint density at radius 1 is 1.27 bits per heavy atom. The van der Waals surface area contributed by atoms with E-state index in [0.717, 1.165) is 43.9 Å². The van der Waals surface area contributed by atoms with Crippen molar-refractivity contribution >= 4 is 5.91 Å². The number of pyridine rings is 1. The van der Waals surface area contributed by atoms with Crippen LogP contribution < -0.4 is 0 Å². The summed E-state index contributed by atoms with van der Waals surface area (Å²) < 4.78 is 1.96. The van der Waals surface area contributed by atoms with Crippen LogP contribution in [0.3, 0.4) is 0 Å². The van der Waals surface area contributed by atoms with Crippen molar-refractivity contribution in [3.05, 3.63) is 36.2 Å². The van der Waals surface area contributed by atoms with Crippen LogP contribution in [-0.4, -0.2) is 38.7 Å². The van der Waals surface area contributed by atoms with Gasteiger partial charge in [0, 0.05) is 37.4 Å². The van der Waals surface area contributed by atoms with E-state index in [9.17, 15) is 4.79 Å². The third kappa shape index (κ3) is 4.14. The molecule has 3 heterocycles. The molecule has 1 aliphatic rings. The fourth-order valence-electron chi connectivity index (χ4n) is 3.72. The van der Waals surface area contributed by atoms with Crippen LogP contribution in [0.5, 0.6) is 0 Å². The van der Waals surface area contributed by atoms with E-state index in [-0.39, 0.29) is 11.3 Å². The molecule has 2 aromatic heterocycles. The number of likely N-dealkylation sites (tertiary alicyclic amines) is 1. The monoisotopic (exact) mass is 354 g/mol. The van der Waals surface area contributed by atoms with E-state index in [1.54, 1.807) is 0 Å². The van der Waals surface area contributed by atoms with Crippen LogP contribution in [0, 0.1) is 11.3 Å². The van der Waals surface area contributed by atoms with Gasteiger partial charge in [-0.2, -0.15) is 5.10 Å². The highest BCUT2D eigenvalue weighted by Gasteiger charge is 2.30. The lowest BCUT2D eigenvalue weighted by atomic mass is 9.88. The molecule has 0 radical (unpaired) electrons. The van der Waals surface area contributed by atoms with E-state index in [4.69, 9.17) is 0 Å². The molecule has 1 amide bonds. The Balaban J connectivity index is 1.65. The molecule has 1 aliphatic heterocycles. The molecule has 26 heavy (non-hydrogen) atoms. The molecular formula is C21H30N4O. The fourth-order valence-corrected chi connectivity index (χ4v) is 3.72. The van der Waals surface area contributed by atoms with Gasteiger partial charge in [0.1, 0.15) is 0 Å². The maximum absolute atomic E-state index is 12.6. The van der Waals surface area contributed by atoms with Gasteiger partial charge in [-0.15, -0.1) is 0 Å². The van der Waals surface area contributed by atoms with Crippen molar-refractivity contribution in [3.8, 4) is 11.4 Å². The van der Waals surface area contributed by atoms with Crippen LogP contribution in [0.2, 0.25) is 0 Å². The van der Waals surface area contributed by atoms with Crippen molar-refractivity contribution < 1.29 is 4.79 Å². The third-order valence-corrected chi connectivity index (χ3v) is 5.08. The molecule has 1 fully saturated rings. The number of aromatic nitrogens is 3. The van der Waals surface area contributed by atoms with E-state index in [2.05, 4.69) is 34.0 Å². The Bertz CT molecular complexity index is 742. The zero-order valence-corrected chi connectivity index (χ0v) is 16.4. The Hall–Kier alpha value is -2.17. The molecule has 140 valence electrons. The highest BCUT2D eigenvalue weighted by molar-refractivity contribution is 5.81. The minimum Gasteiger partial charge on any atom is -0.342 e. The van der Waals surface area contributed by atoms with Gasteiger partial charge in [-0.3, -0.25) is 14.5 Å². The molecule has 0 spiro atoms. The van der Waals surface area contributed by atoms with Gasteiger partial charge in [-0.05, 0) is 49.8 Å². The van der Waals surface area contributed by atoms with E-state index in [1.165, 1.54) is 12.0 Å². The summed E-state index contributed by atoms with van der Waals surface area (Å²) in [6, 6.07) is 6.25. The maximum Gasteiger partial charge on any atom is 0.227 e. The summed E-state index contributed by atoms with van der Waals surface area (Å²) in [6.07, 6.45) is 7.05. The molecule has 5 nitrogen and oxygen atoms in total. The second-order valence-electron chi connectivity index (χ2n) is 8.30. The predicted molar refractivity (Wildman–Crippen MR) is 104 cm³/mol. The van der Waals surface area contributed by atoms with Crippen LogP contribution in [0.25, 0.3) is 11.4 Å². The average molecular weight is 354 g/mol. The SMILES string of the molecule is CCn1nccc1-c1ccc(CC2CCCN(C(=O)C(C)(C)C)C2)cn1. The standard InChI is InChI=1S/C21H30N4O/c1-5-25-19(10-11-23-25)18-9-8-16(14-22-18)13-17-7-6-12-24(15-17)20(26)21(2,3)4/h8-11,14,17H,5-7,12-13,15H2,1-4H3. The number of piperidine rings is 1. The minimum absolute atomic E-state index is 0.267. The van der Waals surface area contributed by atoms with Crippen LogP contribution >= 0.6 is 0 Å². The maximum atomic E-state index is 12.6. The van der Waals surface area contributed by atoms with Crippen LogP contribution in [0.4, 0.5) is 0 Å².